The molecule has 2 aliphatic rings. The summed E-state index contributed by atoms with van der Waals surface area (Å²) in [7, 11) is 0. The highest BCUT2D eigenvalue weighted by Crippen LogP contribution is 2.49. The Morgan fingerprint density at radius 3 is 2.85 bits per heavy atom. The Balaban J connectivity index is 1.35. The molecule has 33 heavy (non-hydrogen) atoms. The third-order valence-corrected chi connectivity index (χ3v) is 7.30. The van der Waals surface area contributed by atoms with Gasteiger partial charge in [-0.2, -0.15) is 0 Å². The van der Waals surface area contributed by atoms with Gasteiger partial charge in [0.2, 0.25) is 0 Å². The molecule has 5 rings (SSSR count). The lowest BCUT2D eigenvalue weighted by Gasteiger charge is -2.27. The molecule has 166 valence electrons. The van der Waals surface area contributed by atoms with E-state index in [1.165, 1.54) is 11.3 Å². The number of anilines is 1. The van der Waals surface area contributed by atoms with E-state index in [1.54, 1.807) is 24.3 Å². The molecule has 2 amide bonds. The van der Waals surface area contributed by atoms with Crippen LogP contribution < -0.4 is 11.1 Å². The summed E-state index contributed by atoms with van der Waals surface area (Å²) in [6, 6.07) is 15.1. The van der Waals surface area contributed by atoms with E-state index in [2.05, 4.69) is 16.2 Å². The van der Waals surface area contributed by atoms with Gasteiger partial charge in [-0.3, -0.25) is 9.59 Å². The summed E-state index contributed by atoms with van der Waals surface area (Å²) in [5.74, 6) is 2.72. The summed E-state index contributed by atoms with van der Waals surface area (Å²) in [6.45, 7) is 2.40. The highest BCUT2D eigenvalue weighted by molar-refractivity contribution is 7.19. The first-order valence-corrected chi connectivity index (χ1v) is 11.8. The topological polar surface area (TPSA) is 88.3 Å². The van der Waals surface area contributed by atoms with Crippen molar-refractivity contribution >= 4 is 28.3 Å². The first kappa shape index (κ1) is 21.2. The Kier molecular flexibility index (Phi) is 5.39. The van der Waals surface area contributed by atoms with Crippen LogP contribution in [-0.4, -0.2) is 40.3 Å². The fourth-order valence-corrected chi connectivity index (χ4v) is 5.53. The lowest BCUT2D eigenvalue weighted by atomic mass is 10.1. The number of thiazole rings is 1. The number of likely N-dealkylation sites (tertiary alicyclic amines) is 1. The molecule has 2 fully saturated rings. The molecule has 1 aromatic heterocycles. The van der Waals surface area contributed by atoms with Crippen molar-refractivity contribution in [2.24, 2.45) is 5.92 Å². The second kappa shape index (κ2) is 8.38. The molecule has 0 radical (unpaired) electrons. The average molecular weight is 457 g/mol. The predicted octanol–water partition coefficient (Wildman–Crippen LogP) is 3.72. The van der Waals surface area contributed by atoms with Crippen molar-refractivity contribution in [1.82, 2.24) is 15.2 Å². The molecular weight excluding hydrogens is 432 g/mol. The van der Waals surface area contributed by atoms with Crippen LogP contribution in [0.15, 0.2) is 48.5 Å². The number of piperidine rings is 1. The predicted molar refractivity (Wildman–Crippen MR) is 130 cm³/mol. The Hall–Kier alpha value is -3.63. The van der Waals surface area contributed by atoms with E-state index in [9.17, 15) is 9.59 Å². The molecule has 6 nitrogen and oxygen atoms in total. The standard InChI is InChI=1S/C26H24N4O2S/c1-3-16-7-5-9-18(11-16)24(31)28-14-20-12-19-13-21(19)30(20)25(32)22-23(33-26(27)29-22)17-8-4-6-15(2)10-17/h1,4-11,19-21H,12-14H2,2H3,(H2,27,29)(H,28,31)/t19-,20+,21+/m1/s1. The summed E-state index contributed by atoms with van der Waals surface area (Å²) in [5, 5.41) is 3.36. The van der Waals surface area contributed by atoms with Gasteiger partial charge < -0.3 is 16.0 Å². The van der Waals surface area contributed by atoms with E-state index in [-0.39, 0.29) is 23.9 Å². The number of terminal acetylenes is 1. The van der Waals surface area contributed by atoms with Gasteiger partial charge in [0.05, 0.1) is 10.9 Å². The number of aryl methyl sites for hydroxylation is 1. The summed E-state index contributed by atoms with van der Waals surface area (Å²) >= 11 is 1.33. The molecule has 1 saturated carbocycles. The first-order chi connectivity index (χ1) is 15.9. The van der Waals surface area contributed by atoms with Crippen LogP contribution in [0.4, 0.5) is 5.13 Å². The number of aromatic nitrogens is 1. The zero-order valence-electron chi connectivity index (χ0n) is 18.2. The third kappa shape index (κ3) is 4.10. The quantitative estimate of drug-likeness (QED) is 0.573. The van der Waals surface area contributed by atoms with Gasteiger partial charge in [0.25, 0.3) is 11.8 Å². The minimum Gasteiger partial charge on any atom is -0.375 e. The minimum atomic E-state index is -0.196. The van der Waals surface area contributed by atoms with E-state index in [0.717, 1.165) is 28.8 Å². The molecule has 0 unspecified atom stereocenters. The van der Waals surface area contributed by atoms with Crippen molar-refractivity contribution < 1.29 is 9.59 Å². The molecule has 3 N–H and O–H groups in total. The van der Waals surface area contributed by atoms with Crippen LogP contribution in [0, 0.1) is 25.2 Å². The summed E-state index contributed by atoms with van der Waals surface area (Å²) < 4.78 is 0. The molecule has 3 aromatic rings. The van der Waals surface area contributed by atoms with Crippen LogP contribution in [-0.2, 0) is 0 Å². The number of carbonyl (C=O) groups excluding carboxylic acids is 2. The number of carbonyl (C=O) groups is 2. The van der Waals surface area contributed by atoms with Crippen LogP contribution in [0.2, 0.25) is 0 Å². The summed E-state index contributed by atoms with van der Waals surface area (Å²) in [5.41, 5.74) is 9.64. The number of nitrogens with two attached hydrogens (primary N) is 1. The van der Waals surface area contributed by atoms with Crippen LogP contribution in [0.5, 0.6) is 0 Å². The summed E-state index contributed by atoms with van der Waals surface area (Å²) in [6.07, 6.45) is 7.32. The van der Waals surface area contributed by atoms with Gasteiger partial charge in [0.1, 0.15) is 5.69 Å². The van der Waals surface area contributed by atoms with Crippen LogP contribution in [0.3, 0.4) is 0 Å². The second-order valence-corrected chi connectivity index (χ2v) is 9.73. The Bertz CT molecular complexity index is 1290. The van der Waals surface area contributed by atoms with Crippen molar-refractivity contribution in [2.45, 2.75) is 31.8 Å². The van der Waals surface area contributed by atoms with E-state index >= 15 is 0 Å². The van der Waals surface area contributed by atoms with Crippen LogP contribution in [0.25, 0.3) is 10.4 Å². The van der Waals surface area contributed by atoms with Gasteiger partial charge in [-0.25, -0.2) is 4.98 Å². The highest BCUT2D eigenvalue weighted by Gasteiger charge is 2.54. The number of nitrogens with one attached hydrogen (secondary N) is 1. The molecule has 2 aromatic carbocycles. The van der Waals surface area contributed by atoms with E-state index < -0.39 is 0 Å². The number of amides is 2. The fourth-order valence-electron chi connectivity index (χ4n) is 4.71. The maximum Gasteiger partial charge on any atom is 0.274 e. The molecule has 2 heterocycles. The molecule has 0 bridgehead atoms. The average Bonchev–Trinajstić information content (AvgIpc) is 3.31. The third-order valence-electron chi connectivity index (χ3n) is 6.36. The van der Waals surface area contributed by atoms with Gasteiger partial charge in [-0.1, -0.05) is 53.2 Å². The number of benzene rings is 2. The monoisotopic (exact) mass is 456 g/mol. The second-order valence-electron chi connectivity index (χ2n) is 8.70. The van der Waals surface area contributed by atoms with Crippen LogP contribution in [0.1, 0.15) is 44.8 Å². The van der Waals surface area contributed by atoms with Gasteiger partial charge in [-0.05, 0) is 49.4 Å². The number of nitrogens with zero attached hydrogens (tertiary/aromatic N) is 2. The molecule has 0 spiro atoms. The molecule has 1 aliphatic carbocycles. The number of rotatable bonds is 5. The SMILES string of the molecule is C#Cc1cccc(C(=O)NC[C@@H]2C[C@@H]3C[C@@H]3N2C(=O)c2nc(N)sc2-c2cccc(C)c2)c1. The maximum atomic E-state index is 13.7. The van der Waals surface area contributed by atoms with Crippen LogP contribution >= 0.6 is 11.3 Å². The zero-order chi connectivity index (χ0) is 23.1. The minimum absolute atomic E-state index is 0.0747. The van der Waals surface area contributed by atoms with Gasteiger partial charge >= 0.3 is 0 Å². The normalized spacial score (nSPS) is 20.7. The van der Waals surface area contributed by atoms with Crippen molar-refractivity contribution in [3.8, 4) is 22.8 Å². The number of hydrogen-bond donors (Lipinski definition) is 2. The smallest absolute Gasteiger partial charge is 0.274 e. The van der Waals surface area contributed by atoms with Gasteiger partial charge in [0.15, 0.2) is 5.13 Å². The first-order valence-electron chi connectivity index (χ1n) is 11.0. The zero-order valence-corrected chi connectivity index (χ0v) is 19.1. The number of fused-ring (bicyclic) bond motifs is 1. The molecule has 3 atom stereocenters. The van der Waals surface area contributed by atoms with Crippen molar-refractivity contribution in [3.05, 3.63) is 70.9 Å². The number of hydrogen-bond acceptors (Lipinski definition) is 5. The lowest BCUT2D eigenvalue weighted by molar-refractivity contribution is 0.0685. The molecule has 1 aliphatic heterocycles. The Labute approximate surface area is 196 Å². The van der Waals surface area contributed by atoms with Crippen molar-refractivity contribution in [3.63, 3.8) is 0 Å². The maximum absolute atomic E-state index is 13.7. The Morgan fingerprint density at radius 1 is 1.24 bits per heavy atom. The lowest BCUT2D eigenvalue weighted by Crippen LogP contribution is -2.45. The largest absolute Gasteiger partial charge is 0.375 e. The summed E-state index contributed by atoms with van der Waals surface area (Å²) in [4.78, 5) is 33.5. The molecule has 7 heteroatoms. The van der Waals surface area contributed by atoms with E-state index in [4.69, 9.17) is 12.2 Å². The Morgan fingerprint density at radius 2 is 2.06 bits per heavy atom. The van der Waals surface area contributed by atoms with E-state index in [1.807, 2.05) is 36.1 Å². The van der Waals surface area contributed by atoms with E-state index in [0.29, 0.717) is 34.4 Å². The van der Waals surface area contributed by atoms with Gasteiger partial charge in [-0.15, -0.1) is 6.42 Å². The molecular formula is C26H24N4O2S. The highest BCUT2D eigenvalue weighted by atomic mass is 32.1. The number of nitrogen functional groups attached to an aromatic ring is 1. The molecule has 1 saturated heterocycles. The van der Waals surface area contributed by atoms with Gasteiger partial charge in [0, 0.05) is 23.7 Å². The fraction of sp³-hybridized carbons (Fsp3) is 0.269. The van der Waals surface area contributed by atoms with Crippen molar-refractivity contribution in [1.29, 1.82) is 0 Å². The van der Waals surface area contributed by atoms with Crippen molar-refractivity contribution in [2.75, 3.05) is 12.3 Å².